The van der Waals surface area contributed by atoms with Crippen LogP contribution in [0.4, 0.5) is 0 Å². The molecule has 0 aliphatic rings. The van der Waals surface area contributed by atoms with Crippen LogP contribution in [-0.4, -0.2) is 18.0 Å². The number of thiophene rings is 1. The van der Waals surface area contributed by atoms with Gasteiger partial charge in [-0.1, -0.05) is 118 Å². The van der Waals surface area contributed by atoms with Gasteiger partial charge in [-0.15, -0.1) is 59.2 Å². The molecule has 0 N–H and O–H groups in total. The number of hydrogen-bond acceptors (Lipinski definition) is 3. The van der Waals surface area contributed by atoms with Crippen molar-refractivity contribution < 1.29 is 22.8 Å². The molecule has 1 radical (unpaired) electrons. The maximum atomic E-state index is 8.57. The number of pyridine rings is 2. The van der Waals surface area contributed by atoms with Gasteiger partial charge in [0.1, 0.15) is 0 Å². The van der Waals surface area contributed by atoms with Crippen molar-refractivity contribution in [2.75, 3.05) is 0 Å². The Hall–Kier alpha value is -4.25. The molecule has 5 aromatic carbocycles. The first-order chi connectivity index (χ1) is 24.9. The fourth-order valence-electron chi connectivity index (χ4n) is 6.32. The SMILES string of the molecule is C[Si](C)(C)c1ccc(-c2[c-]cccc2)nc1.[2H]C([2H])(c1ccnc(-c2[c-]c(C)cc3c2sc2ccc(-c4cccc5ccccc45)cc23)c1)C(C)C.[Ir]. The number of nitrogens with zero attached hydrogens (tertiary/aromatic N) is 2. The first-order valence-electron chi connectivity index (χ1n) is 18.2. The zero-order valence-electron chi connectivity index (χ0n) is 31.8. The van der Waals surface area contributed by atoms with Crippen LogP contribution in [0, 0.1) is 25.0 Å². The van der Waals surface area contributed by atoms with Crippen LogP contribution >= 0.6 is 11.3 Å². The molecule has 51 heavy (non-hydrogen) atoms. The zero-order chi connectivity index (χ0) is 36.6. The minimum atomic E-state index is -1.42. The van der Waals surface area contributed by atoms with E-state index in [0.29, 0.717) is 5.56 Å². The number of hydrogen-bond donors (Lipinski definition) is 0. The van der Waals surface area contributed by atoms with Crippen molar-refractivity contribution >= 4 is 55.5 Å². The molecule has 3 aromatic heterocycles. The second kappa shape index (κ2) is 15.6. The third-order valence-electron chi connectivity index (χ3n) is 8.82. The van der Waals surface area contributed by atoms with E-state index in [1.165, 1.54) is 42.6 Å². The van der Waals surface area contributed by atoms with Crippen molar-refractivity contribution in [1.29, 1.82) is 0 Å². The third kappa shape index (κ3) is 8.13. The van der Waals surface area contributed by atoms with Crippen LogP contribution in [-0.2, 0) is 26.5 Å². The number of aromatic nitrogens is 2. The smallest absolute Gasteiger partial charge is 0.0795 e. The second-order valence-corrected chi connectivity index (χ2v) is 20.2. The van der Waals surface area contributed by atoms with E-state index in [4.69, 9.17) is 2.74 Å². The molecule has 0 atom stereocenters. The Labute approximate surface area is 323 Å². The van der Waals surface area contributed by atoms with Crippen molar-refractivity contribution in [3.8, 4) is 33.6 Å². The fourth-order valence-corrected chi connectivity index (χ4v) is 8.52. The van der Waals surface area contributed by atoms with Gasteiger partial charge in [-0.25, -0.2) is 0 Å². The summed E-state index contributed by atoms with van der Waals surface area (Å²) in [4.78, 5) is 9.17. The van der Waals surface area contributed by atoms with Gasteiger partial charge in [0.05, 0.1) is 8.07 Å². The summed E-state index contributed by atoms with van der Waals surface area (Å²) >= 11 is 1.75. The third-order valence-corrected chi connectivity index (χ3v) is 12.1. The van der Waals surface area contributed by atoms with Gasteiger partial charge in [0.25, 0.3) is 0 Å². The summed E-state index contributed by atoms with van der Waals surface area (Å²) in [7, 11) is -1.23. The zero-order valence-corrected chi connectivity index (χ0v) is 34.0. The Kier molecular flexibility index (Phi) is 10.3. The van der Waals surface area contributed by atoms with Gasteiger partial charge in [-0.2, -0.15) is 11.3 Å². The normalized spacial score (nSPS) is 12.3. The van der Waals surface area contributed by atoms with Crippen molar-refractivity contribution in [1.82, 2.24) is 9.97 Å². The molecule has 0 aliphatic heterocycles. The van der Waals surface area contributed by atoms with Crippen LogP contribution in [0.15, 0.2) is 128 Å². The van der Waals surface area contributed by atoms with E-state index in [1.54, 1.807) is 23.6 Å². The number of rotatable bonds is 6. The maximum absolute atomic E-state index is 8.57. The minimum absolute atomic E-state index is 0. The second-order valence-electron chi connectivity index (χ2n) is 14.1. The molecule has 2 nitrogen and oxygen atoms in total. The molecule has 0 aliphatic carbocycles. The Morgan fingerprint density at radius 3 is 2.33 bits per heavy atom. The molecule has 0 fully saturated rings. The maximum Gasteiger partial charge on any atom is 0.0795 e. The van der Waals surface area contributed by atoms with Crippen molar-refractivity contribution in [3.63, 3.8) is 0 Å². The molecule has 8 aromatic rings. The van der Waals surface area contributed by atoms with Crippen LogP contribution in [0.1, 0.15) is 27.7 Å². The summed E-state index contributed by atoms with van der Waals surface area (Å²) in [6, 6.07) is 46.6. The first-order valence-corrected chi connectivity index (χ1v) is 21.5. The molecule has 0 amide bonds. The molecule has 0 unspecified atom stereocenters. The Morgan fingerprint density at radius 2 is 1.59 bits per heavy atom. The van der Waals surface area contributed by atoms with E-state index in [1.807, 2.05) is 50.4 Å². The first kappa shape index (κ1) is 33.9. The van der Waals surface area contributed by atoms with Gasteiger partial charge in [0.15, 0.2) is 0 Å². The predicted octanol–water partition coefficient (Wildman–Crippen LogP) is 12.3. The predicted molar refractivity (Wildman–Crippen MR) is 219 cm³/mol. The molecular weight excluding hydrogens is 833 g/mol. The Balaban J connectivity index is 0.000000238. The van der Waals surface area contributed by atoms with Crippen LogP contribution in [0.3, 0.4) is 0 Å². The average molecular weight is 877 g/mol. The van der Waals surface area contributed by atoms with Gasteiger partial charge in [-0.3, -0.25) is 0 Å². The Morgan fingerprint density at radius 1 is 0.784 bits per heavy atom. The van der Waals surface area contributed by atoms with E-state index >= 15 is 0 Å². The van der Waals surface area contributed by atoms with Gasteiger partial charge < -0.3 is 9.97 Å². The molecule has 0 spiro atoms. The fraction of sp³-hybridized carbons (Fsp3) is 0.174. The van der Waals surface area contributed by atoms with Gasteiger partial charge in [-0.05, 0) is 79.1 Å². The molecule has 8 rings (SSSR count). The van der Waals surface area contributed by atoms with E-state index in [-0.39, 0.29) is 26.0 Å². The minimum Gasteiger partial charge on any atom is -0.305 e. The van der Waals surface area contributed by atoms with Crippen molar-refractivity contribution in [2.45, 2.75) is 46.8 Å². The molecule has 0 saturated heterocycles. The molecule has 257 valence electrons. The van der Waals surface area contributed by atoms with E-state index in [9.17, 15) is 0 Å². The Bertz CT molecular complexity index is 2520. The average Bonchev–Trinajstić information content (AvgIpc) is 3.52. The summed E-state index contributed by atoms with van der Waals surface area (Å²) in [5.41, 5.74) is 7.92. The van der Waals surface area contributed by atoms with Crippen LogP contribution in [0.2, 0.25) is 19.6 Å². The van der Waals surface area contributed by atoms with E-state index in [2.05, 4.69) is 128 Å². The van der Waals surface area contributed by atoms with Crippen molar-refractivity contribution in [2.24, 2.45) is 5.92 Å². The summed E-state index contributed by atoms with van der Waals surface area (Å²) in [6.07, 6.45) is 2.31. The van der Waals surface area contributed by atoms with Crippen LogP contribution in [0.25, 0.3) is 64.6 Å². The number of benzene rings is 5. The van der Waals surface area contributed by atoms with Crippen molar-refractivity contribution in [3.05, 3.63) is 151 Å². The molecule has 0 saturated carbocycles. The van der Waals surface area contributed by atoms with E-state index < -0.39 is 14.4 Å². The summed E-state index contributed by atoms with van der Waals surface area (Å²) in [5, 5.41) is 6.32. The van der Waals surface area contributed by atoms with E-state index in [0.717, 1.165) is 32.8 Å². The molecule has 0 bridgehead atoms. The molecule has 3 heterocycles. The van der Waals surface area contributed by atoms with Gasteiger partial charge in [0.2, 0.25) is 0 Å². The standard InChI is InChI=1S/C32H26NS.C14H16NSi.Ir/c1-20(2)15-22-13-14-33-30(18-22)29-17-21(3)16-28-27-19-24(11-12-31(27)34-32(28)29)26-10-6-8-23-7-4-5-9-25(23)26;1-16(2,3)13-9-10-14(15-11-13)12-7-5-4-6-8-12;/h4-14,16,18-20H,15H2,1-3H3;4-7,9-11H,1-3H3;/q2*-1;/i15D2;;. The van der Waals surface area contributed by atoms with Crippen LogP contribution < -0.4 is 5.19 Å². The molecular formula is C46H42IrN2SSi-2. The monoisotopic (exact) mass is 877 g/mol. The van der Waals surface area contributed by atoms with Gasteiger partial charge in [0, 0.05) is 39.9 Å². The van der Waals surface area contributed by atoms with Crippen LogP contribution in [0.5, 0.6) is 0 Å². The van der Waals surface area contributed by atoms with Gasteiger partial charge >= 0.3 is 0 Å². The summed E-state index contributed by atoms with van der Waals surface area (Å²) in [5.74, 6) is -0.133. The number of fused-ring (bicyclic) bond motifs is 4. The topological polar surface area (TPSA) is 25.8 Å². The summed E-state index contributed by atoms with van der Waals surface area (Å²) < 4.78 is 19.5. The largest absolute Gasteiger partial charge is 0.305 e. The molecule has 5 heteroatoms. The summed E-state index contributed by atoms with van der Waals surface area (Å²) in [6.45, 7) is 12.9. The number of aryl methyl sites for hydroxylation is 1. The quantitative estimate of drug-likeness (QED) is 0.123.